The molecule has 0 aliphatic heterocycles. The van der Waals surface area contributed by atoms with E-state index in [-0.39, 0.29) is 23.7 Å². The van der Waals surface area contributed by atoms with Crippen molar-refractivity contribution in [2.45, 2.75) is 25.7 Å². The molecule has 1 heterocycles. The van der Waals surface area contributed by atoms with Gasteiger partial charge in [0.15, 0.2) is 5.82 Å². The lowest BCUT2D eigenvalue weighted by Gasteiger charge is -2.12. The van der Waals surface area contributed by atoms with Gasteiger partial charge in [-0.3, -0.25) is 9.78 Å². The topological polar surface area (TPSA) is 39.2 Å². The summed E-state index contributed by atoms with van der Waals surface area (Å²) in [5.41, 5.74) is -0.978. The van der Waals surface area contributed by atoms with Crippen molar-refractivity contribution < 1.29 is 22.7 Å². The highest BCUT2D eigenvalue weighted by Gasteiger charge is 2.24. The van der Waals surface area contributed by atoms with Crippen LogP contribution in [0, 0.1) is 5.82 Å². The lowest BCUT2D eigenvalue weighted by Crippen LogP contribution is -2.13. The van der Waals surface area contributed by atoms with Gasteiger partial charge < -0.3 is 4.74 Å². The number of rotatable bonds is 5. The van der Waals surface area contributed by atoms with Gasteiger partial charge >= 0.3 is 5.97 Å². The molecule has 100 valence electrons. The lowest BCUT2D eigenvalue weighted by atomic mass is 10.0. The fourth-order valence-corrected chi connectivity index (χ4v) is 1.72. The van der Waals surface area contributed by atoms with E-state index in [0.29, 0.717) is 6.20 Å². The van der Waals surface area contributed by atoms with E-state index in [9.17, 15) is 18.0 Å². The summed E-state index contributed by atoms with van der Waals surface area (Å²) >= 11 is 5.54. The average molecular weight is 282 g/mol. The van der Waals surface area contributed by atoms with Crippen LogP contribution in [0.25, 0.3) is 0 Å². The molecular weight excluding hydrogens is 271 g/mol. The highest BCUT2D eigenvalue weighted by Crippen LogP contribution is 2.28. The van der Waals surface area contributed by atoms with Crippen LogP contribution < -0.4 is 0 Å². The third-order valence-electron chi connectivity index (χ3n) is 2.24. The van der Waals surface area contributed by atoms with E-state index in [1.54, 1.807) is 6.92 Å². The van der Waals surface area contributed by atoms with Crippen molar-refractivity contribution in [1.82, 2.24) is 4.98 Å². The molecule has 3 nitrogen and oxygen atoms in total. The first-order valence-corrected chi connectivity index (χ1v) is 5.70. The van der Waals surface area contributed by atoms with Crippen molar-refractivity contribution in [3.8, 4) is 0 Å². The summed E-state index contributed by atoms with van der Waals surface area (Å²) in [4.78, 5) is 14.9. The Labute approximate surface area is 107 Å². The Bertz CT molecular complexity index is 441. The fraction of sp³-hybridized carbons (Fsp3) is 0.455. The number of hydrogen-bond acceptors (Lipinski definition) is 3. The number of carbonyl (C=O) groups is 1. The number of halogens is 4. The molecule has 0 saturated heterocycles. The quantitative estimate of drug-likeness (QED) is 0.615. The smallest absolute Gasteiger partial charge is 0.310 e. The highest BCUT2D eigenvalue weighted by molar-refractivity contribution is 6.17. The number of hydrogen-bond donors (Lipinski definition) is 0. The Morgan fingerprint density at radius 1 is 1.56 bits per heavy atom. The molecule has 1 aromatic rings. The number of nitrogens with zero attached hydrogens (tertiary/aromatic N) is 1. The third-order valence-corrected chi connectivity index (χ3v) is 2.49. The molecule has 18 heavy (non-hydrogen) atoms. The second-order valence-electron chi connectivity index (χ2n) is 3.36. The van der Waals surface area contributed by atoms with Crippen LogP contribution >= 0.6 is 11.6 Å². The maximum atomic E-state index is 13.3. The third kappa shape index (κ3) is 3.35. The van der Waals surface area contributed by atoms with Crippen LogP contribution in [0.3, 0.4) is 0 Å². The molecule has 0 atom stereocenters. The second kappa shape index (κ2) is 6.58. The Balaban J connectivity index is 3.19. The van der Waals surface area contributed by atoms with Gasteiger partial charge in [0, 0.05) is 0 Å². The van der Waals surface area contributed by atoms with Gasteiger partial charge in [-0.2, -0.15) is 0 Å². The molecule has 7 heteroatoms. The van der Waals surface area contributed by atoms with Crippen LogP contribution in [0.2, 0.25) is 0 Å². The van der Waals surface area contributed by atoms with E-state index in [2.05, 4.69) is 9.72 Å². The summed E-state index contributed by atoms with van der Waals surface area (Å²) in [6.07, 6.45) is -2.84. The van der Waals surface area contributed by atoms with Gasteiger partial charge in [-0.1, -0.05) is 0 Å². The first kappa shape index (κ1) is 14.8. The van der Waals surface area contributed by atoms with Crippen LogP contribution in [0.4, 0.5) is 13.2 Å². The number of esters is 1. The molecule has 0 aromatic carbocycles. The monoisotopic (exact) mass is 281 g/mol. The summed E-state index contributed by atoms with van der Waals surface area (Å²) < 4.78 is 43.5. The van der Waals surface area contributed by atoms with Crippen LogP contribution in [0.15, 0.2) is 6.20 Å². The van der Waals surface area contributed by atoms with E-state index in [0.717, 1.165) is 0 Å². The molecule has 0 aliphatic rings. The number of carbonyl (C=O) groups excluding carboxylic acids is 1. The lowest BCUT2D eigenvalue weighted by molar-refractivity contribution is -0.142. The maximum absolute atomic E-state index is 13.3. The predicted molar refractivity (Wildman–Crippen MR) is 59.0 cm³/mol. The molecule has 0 radical (unpaired) electrons. The molecule has 0 fully saturated rings. The number of ether oxygens (including phenoxy) is 1. The van der Waals surface area contributed by atoms with Gasteiger partial charge in [-0.05, 0) is 12.5 Å². The first-order chi connectivity index (χ1) is 8.51. The van der Waals surface area contributed by atoms with Crippen molar-refractivity contribution >= 4 is 17.6 Å². The molecule has 0 N–H and O–H groups in total. The van der Waals surface area contributed by atoms with Crippen LogP contribution in [-0.2, 0) is 21.8 Å². The fourth-order valence-electron chi connectivity index (χ4n) is 1.49. The summed E-state index contributed by atoms with van der Waals surface area (Å²) in [5, 5.41) is 0. The van der Waals surface area contributed by atoms with Crippen LogP contribution in [0.1, 0.15) is 30.2 Å². The van der Waals surface area contributed by atoms with Crippen LogP contribution in [-0.4, -0.2) is 17.6 Å². The van der Waals surface area contributed by atoms with Gasteiger partial charge in [-0.15, -0.1) is 11.6 Å². The first-order valence-electron chi connectivity index (χ1n) is 5.17. The molecule has 0 amide bonds. The largest absolute Gasteiger partial charge is 0.466 e. The zero-order valence-corrected chi connectivity index (χ0v) is 10.3. The van der Waals surface area contributed by atoms with E-state index in [1.807, 2.05) is 0 Å². The van der Waals surface area contributed by atoms with Crippen molar-refractivity contribution in [1.29, 1.82) is 0 Å². The Morgan fingerprint density at radius 3 is 2.72 bits per heavy atom. The summed E-state index contributed by atoms with van der Waals surface area (Å²) in [5.74, 6) is -2.06. The number of alkyl halides is 3. The molecule has 0 saturated carbocycles. The molecular formula is C11H11ClF3NO2. The predicted octanol–water partition coefficient (Wildman–Crippen LogP) is 3.00. The van der Waals surface area contributed by atoms with Crippen molar-refractivity contribution in [3.63, 3.8) is 0 Å². The Morgan fingerprint density at radius 2 is 2.22 bits per heavy atom. The molecule has 1 aromatic heterocycles. The van der Waals surface area contributed by atoms with Gasteiger partial charge in [0.1, 0.15) is 0 Å². The molecule has 1 rings (SSSR count). The molecule has 0 spiro atoms. The highest BCUT2D eigenvalue weighted by atomic mass is 35.5. The normalized spacial score (nSPS) is 10.8. The minimum Gasteiger partial charge on any atom is -0.466 e. The zero-order chi connectivity index (χ0) is 13.7. The number of aromatic nitrogens is 1. The van der Waals surface area contributed by atoms with Gasteiger partial charge in [-0.25, -0.2) is 13.2 Å². The van der Waals surface area contributed by atoms with Crippen molar-refractivity contribution in [3.05, 3.63) is 28.8 Å². The SMILES string of the molecule is CCOC(=O)Cc1c(CCl)ncc(F)c1C(F)F. The van der Waals surface area contributed by atoms with E-state index in [1.165, 1.54) is 0 Å². The Kier molecular flexibility index (Phi) is 5.40. The van der Waals surface area contributed by atoms with Crippen molar-refractivity contribution in [2.75, 3.05) is 6.61 Å². The summed E-state index contributed by atoms with van der Waals surface area (Å²) in [7, 11) is 0. The summed E-state index contributed by atoms with van der Waals surface area (Å²) in [6.45, 7) is 1.69. The number of pyridine rings is 1. The second-order valence-corrected chi connectivity index (χ2v) is 3.63. The van der Waals surface area contributed by atoms with Crippen molar-refractivity contribution in [2.24, 2.45) is 0 Å². The molecule has 0 aliphatic carbocycles. The van der Waals surface area contributed by atoms with Gasteiger partial charge in [0.05, 0.1) is 36.4 Å². The average Bonchev–Trinajstić information content (AvgIpc) is 2.29. The van der Waals surface area contributed by atoms with Gasteiger partial charge in [0.2, 0.25) is 0 Å². The van der Waals surface area contributed by atoms with E-state index >= 15 is 0 Å². The van der Waals surface area contributed by atoms with E-state index in [4.69, 9.17) is 11.6 Å². The minimum atomic E-state index is -3.04. The standard InChI is InChI=1S/C11H11ClF3NO2/c1-2-18-9(17)3-6-8(4-12)16-5-7(13)10(6)11(14)15/h5,11H,2-4H2,1H3. The molecule has 0 unspecified atom stereocenters. The van der Waals surface area contributed by atoms with E-state index < -0.39 is 30.2 Å². The minimum absolute atomic E-state index is 0.0569. The Hall–Kier alpha value is -1.30. The summed E-state index contributed by atoms with van der Waals surface area (Å²) in [6, 6.07) is 0. The van der Waals surface area contributed by atoms with Gasteiger partial charge in [0.25, 0.3) is 6.43 Å². The molecule has 0 bridgehead atoms. The maximum Gasteiger partial charge on any atom is 0.310 e. The van der Waals surface area contributed by atoms with Crippen LogP contribution in [0.5, 0.6) is 0 Å². The zero-order valence-electron chi connectivity index (χ0n) is 9.55.